The van der Waals surface area contributed by atoms with Gasteiger partial charge in [-0.1, -0.05) is 6.08 Å². The van der Waals surface area contributed by atoms with E-state index in [4.69, 9.17) is 0 Å². The first-order chi connectivity index (χ1) is 4.43. The highest BCUT2D eigenvalue weighted by molar-refractivity contribution is 5.80. The molecule has 1 N–H and O–H groups in total. The van der Waals surface area contributed by atoms with E-state index in [9.17, 15) is 0 Å². The largest absolute Gasteiger partial charge is 0.319 e. The maximum absolute atomic E-state index is 4.07. The highest BCUT2D eigenvalue weighted by atomic mass is 14.8. The smallest absolute Gasteiger partial charge is 0.0576 e. The number of nitrogens with one attached hydrogen (secondary N) is 1. The zero-order valence-corrected chi connectivity index (χ0v) is 5.72. The zero-order chi connectivity index (χ0) is 6.53. The van der Waals surface area contributed by atoms with Crippen molar-refractivity contribution in [2.75, 3.05) is 20.1 Å². The van der Waals surface area contributed by atoms with Crippen molar-refractivity contribution in [3.05, 3.63) is 11.6 Å². The summed E-state index contributed by atoms with van der Waals surface area (Å²) in [4.78, 5) is 4.07. The SMILES string of the molecule is CNCCC1=CCN=C1. The van der Waals surface area contributed by atoms with Gasteiger partial charge in [0.2, 0.25) is 0 Å². The molecule has 1 aliphatic rings. The Morgan fingerprint density at radius 2 is 2.67 bits per heavy atom. The molecule has 1 aliphatic heterocycles. The predicted octanol–water partition coefficient (Wildman–Crippen LogP) is 0.607. The van der Waals surface area contributed by atoms with E-state index in [1.165, 1.54) is 5.57 Å². The molecule has 0 aromatic heterocycles. The Morgan fingerprint density at radius 1 is 1.78 bits per heavy atom. The van der Waals surface area contributed by atoms with Gasteiger partial charge in [-0.3, -0.25) is 4.99 Å². The zero-order valence-electron chi connectivity index (χ0n) is 5.72. The lowest BCUT2D eigenvalue weighted by molar-refractivity contribution is 0.800. The minimum absolute atomic E-state index is 0.888. The third-order valence-corrected chi connectivity index (χ3v) is 1.38. The van der Waals surface area contributed by atoms with E-state index >= 15 is 0 Å². The Balaban J connectivity index is 2.19. The van der Waals surface area contributed by atoms with Gasteiger partial charge in [0.25, 0.3) is 0 Å². The van der Waals surface area contributed by atoms with Crippen molar-refractivity contribution in [2.24, 2.45) is 4.99 Å². The molecule has 50 valence electrons. The monoisotopic (exact) mass is 124 g/mol. The summed E-state index contributed by atoms with van der Waals surface area (Å²) in [5, 5.41) is 3.09. The molecule has 0 bridgehead atoms. The second-order valence-corrected chi connectivity index (χ2v) is 2.13. The number of aliphatic imine (C=N–C) groups is 1. The van der Waals surface area contributed by atoms with Crippen LogP contribution in [0.1, 0.15) is 6.42 Å². The molecule has 0 unspecified atom stereocenters. The van der Waals surface area contributed by atoms with Crippen molar-refractivity contribution < 1.29 is 0 Å². The molecule has 2 heteroatoms. The van der Waals surface area contributed by atoms with Crippen LogP contribution in [0.4, 0.5) is 0 Å². The Hall–Kier alpha value is -0.630. The maximum atomic E-state index is 4.07. The molecule has 0 radical (unpaired) electrons. The topological polar surface area (TPSA) is 24.4 Å². The molecule has 1 rings (SSSR count). The summed E-state index contributed by atoms with van der Waals surface area (Å²) in [6.07, 6.45) is 5.23. The summed E-state index contributed by atoms with van der Waals surface area (Å²) in [6, 6.07) is 0. The van der Waals surface area contributed by atoms with E-state index in [2.05, 4.69) is 16.4 Å². The van der Waals surface area contributed by atoms with Crippen LogP contribution in [0.5, 0.6) is 0 Å². The molecule has 0 atom stereocenters. The molecule has 0 fully saturated rings. The van der Waals surface area contributed by atoms with Gasteiger partial charge in [0.05, 0.1) is 6.54 Å². The van der Waals surface area contributed by atoms with Crippen molar-refractivity contribution in [3.8, 4) is 0 Å². The number of hydrogen-bond acceptors (Lipinski definition) is 2. The van der Waals surface area contributed by atoms with Gasteiger partial charge < -0.3 is 5.32 Å². The minimum Gasteiger partial charge on any atom is -0.319 e. The van der Waals surface area contributed by atoms with Gasteiger partial charge in [-0.25, -0.2) is 0 Å². The van der Waals surface area contributed by atoms with Gasteiger partial charge in [-0.05, 0) is 25.6 Å². The third-order valence-electron chi connectivity index (χ3n) is 1.38. The highest BCUT2D eigenvalue weighted by Gasteiger charge is 1.95. The van der Waals surface area contributed by atoms with Crippen LogP contribution in [-0.2, 0) is 0 Å². The van der Waals surface area contributed by atoms with Crippen molar-refractivity contribution >= 4 is 6.21 Å². The van der Waals surface area contributed by atoms with Gasteiger partial charge >= 0.3 is 0 Å². The fraction of sp³-hybridized carbons (Fsp3) is 0.571. The molecule has 0 aromatic rings. The van der Waals surface area contributed by atoms with Crippen LogP contribution in [0, 0.1) is 0 Å². The van der Waals surface area contributed by atoms with E-state index in [0.29, 0.717) is 0 Å². The van der Waals surface area contributed by atoms with Gasteiger partial charge in [0.1, 0.15) is 0 Å². The summed E-state index contributed by atoms with van der Waals surface area (Å²) >= 11 is 0. The van der Waals surface area contributed by atoms with E-state index in [1.54, 1.807) is 0 Å². The summed E-state index contributed by atoms with van der Waals surface area (Å²) in [7, 11) is 1.96. The first-order valence-electron chi connectivity index (χ1n) is 3.27. The molecule has 0 amide bonds. The molecule has 0 aliphatic carbocycles. The van der Waals surface area contributed by atoms with Crippen molar-refractivity contribution in [3.63, 3.8) is 0 Å². The molecular formula is C7H12N2. The molecule has 1 heterocycles. The molecule has 0 aromatic carbocycles. The Morgan fingerprint density at radius 3 is 3.22 bits per heavy atom. The van der Waals surface area contributed by atoms with Crippen molar-refractivity contribution in [1.29, 1.82) is 0 Å². The summed E-state index contributed by atoms with van der Waals surface area (Å²) in [5.41, 5.74) is 1.37. The quantitative estimate of drug-likeness (QED) is 0.585. The average molecular weight is 124 g/mol. The lowest BCUT2D eigenvalue weighted by Gasteiger charge is -1.94. The molecule has 0 spiro atoms. The molecule has 0 saturated carbocycles. The Bertz CT molecular complexity index is 136. The number of hydrogen-bond donors (Lipinski definition) is 1. The van der Waals surface area contributed by atoms with Crippen LogP contribution >= 0.6 is 0 Å². The van der Waals surface area contributed by atoms with Crippen LogP contribution in [0.3, 0.4) is 0 Å². The number of rotatable bonds is 3. The fourth-order valence-electron chi connectivity index (χ4n) is 0.829. The van der Waals surface area contributed by atoms with E-state index < -0.39 is 0 Å². The van der Waals surface area contributed by atoms with Crippen molar-refractivity contribution in [1.82, 2.24) is 5.32 Å². The maximum Gasteiger partial charge on any atom is 0.0576 e. The summed E-state index contributed by atoms with van der Waals surface area (Å²) in [5.74, 6) is 0. The highest BCUT2D eigenvalue weighted by Crippen LogP contribution is 2.01. The normalized spacial score (nSPS) is 16.3. The Labute approximate surface area is 55.7 Å². The first kappa shape index (κ1) is 6.49. The van der Waals surface area contributed by atoms with Crippen LogP contribution in [0.25, 0.3) is 0 Å². The van der Waals surface area contributed by atoms with Crippen LogP contribution in [-0.4, -0.2) is 26.4 Å². The molecule has 2 nitrogen and oxygen atoms in total. The summed E-state index contributed by atoms with van der Waals surface area (Å²) in [6.45, 7) is 1.94. The van der Waals surface area contributed by atoms with Crippen LogP contribution in [0.15, 0.2) is 16.6 Å². The average Bonchev–Trinajstić information content (AvgIpc) is 2.34. The van der Waals surface area contributed by atoms with Crippen LogP contribution in [0.2, 0.25) is 0 Å². The second-order valence-electron chi connectivity index (χ2n) is 2.13. The first-order valence-corrected chi connectivity index (χ1v) is 3.27. The van der Waals surface area contributed by atoms with E-state index in [1.807, 2.05) is 13.3 Å². The third kappa shape index (κ3) is 1.98. The van der Waals surface area contributed by atoms with Gasteiger partial charge in [0, 0.05) is 6.21 Å². The standard InChI is InChI=1S/C7H12N2/c1-8-4-2-7-3-5-9-6-7/h3,6,8H,2,4-5H2,1H3. The fourth-order valence-corrected chi connectivity index (χ4v) is 0.829. The van der Waals surface area contributed by atoms with Gasteiger partial charge in [-0.2, -0.15) is 0 Å². The minimum atomic E-state index is 0.888. The number of nitrogens with zero attached hydrogens (tertiary/aromatic N) is 1. The predicted molar refractivity (Wildman–Crippen MR) is 40.0 cm³/mol. The lowest BCUT2D eigenvalue weighted by Crippen LogP contribution is -2.08. The van der Waals surface area contributed by atoms with E-state index in [0.717, 1.165) is 19.5 Å². The molecule has 0 saturated heterocycles. The second kappa shape index (κ2) is 3.41. The van der Waals surface area contributed by atoms with Gasteiger partial charge in [0.15, 0.2) is 0 Å². The molecular weight excluding hydrogens is 112 g/mol. The summed E-state index contributed by atoms with van der Waals surface area (Å²) < 4.78 is 0. The Kier molecular flexibility index (Phi) is 2.46. The van der Waals surface area contributed by atoms with Crippen LogP contribution < -0.4 is 5.32 Å². The van der Waals surface area contributed by atoms with E-state index in [-0.39, 0.29) is 0 Å². The van der Waals surface area contributed by atoms with Gasteiger partial charge in [-0.15, -0.1) is 0 Å². The molecule has 9 heavy (non-hydrogen) atoms. The van der Waals surface area contributed by atoms with Crippen molar-refractivity contribution in [2.45, 2.75) is 6.42 Å². The lowest BCUT2D eigenvalue weighted by atomic mass is 10.2.